The molecule has 4 unspecified atom stereocenters. The summed E-state index contributed by atoms with van der Waals surface area (Å²) in [7, 11) is 0. The molecule has 4 rings (SSSR count). The fraction of sp³-hybridized carbons (Fsp3) is 0.667. The summed E-state index contributed by atoms with van der Waals surface area (Å²) < 4.78 is 0. The minimum absolute atomic E-state index is 0.141. The molecule has 0 amide bonds. The molecule has 1 nitrogen and oxygen atoms in total. The standard InChI is InChI=1S/C21H28O/c1-4-14-5-7-18-17-8-6-15-12-16(22)9-10-21(15,3)19(17)11-13(2)20(14)18/h4,9-10,12-14,17-20H,1,5-8,11H2,2-3H3/t13-,14+,17?,18?,19?,20?,21+/m1/s1. The first-order valence-electron chi connectivity index (χ1n) is 9.11. The molecule has 22 heavy (non-hydrogen) atoms. The highest BCUT2D eigenvalue weighted by Crippen LogP contribution is 2.62. The van der Waals surface area contributed by atoms with Crippen molar-refractivity contribution in [3.63, 3.8) is 0 Å². The van der Waals surface area contributed by atoms with Crippen LogP contribution in [-0.4, -0.2) is 5.78 Å². The number of carbonyl (C=O) groups is 1. The predicted molar refractivity (Wildman–Crippen MR) is 90.2 cm³/mol. The molecule has 1 heteroatoms. The molecule has 7 atom stereocenters. The second-order valence-electron chi connectivity index (χ2n) is 8.43. The molecule has 0 radical (unpaired) electrons. The minimum Gasteiger partial charge on any atom is -0.290 e. The maximum atomic E-state index is 11.8. The molecule has 0 aromatic carbocycles. The van der Waals surface area contributed by atoms with E-state index in [2.05, 4.69) is 32.6 Å². The highest BCUT2D eigenvalue weighted by molar-refractivity contribution is 6.01. The van der Waals surface area contributed by atoms with Gasteiger partial charge in [-0.05, 0) is 79.8 Å². The van der Waals surface area contributed by atoms with Gasteiger partial charge in [-0.25, -0.2) is 0 Å². The SMILES string of the molecule is C=C[C@H]1CCC2C3CCC4=CC(=O)C=C[C@]4(C)C3C[C@@H](C)C21. The van der Waals surface area contributed by atoms with Gasteiger partial charge in [0.25, 0.3) is 0 Å². The van der Waals surface area contributed by atoms with Crippen molar-refractivity contribution in [2.75, 3.05) is 0 Å². The van der Waals surface area contributed by atoms with Crippen LogP contribution in [0.25, 0.3) is 0 Å². The van der Waals surface area contributed by atoms with E-state index in [-0.39, 0.29) is 11.2 Å². The van der Waals surface area contributed by atoms with Crippen LogP contribution < -0.4 is 0 Å². The van der Waals surface area contributed by atoms with Gasteiger partial charge >= 0.3 is 0 Å². The lowest BCUT2D eigenvalue weighted by Crippen LogP contribution is -2.48. The van der Waals surface area contributed by atoms with Crippen molar-refractivity contribution >= 4 is 5.78 Å². The smallest absolute Gasteiger partial charge is 0.178 e. The average Bonchev–Trinajstić information content (AvgIpc) is 2.94. The summed E-state index contributed by atoms with van der Waals surface area (Å²) in [6.45, 7) is 8.96. The van der Waals surface area contributed by atoms with Gasteiger partial charge in [-0.3, -0.25) is 4.79 Å². The molecule has 0 aromatic heterocycles. The monoisotopic (exact) mass is 296 g/mol. The quantitative estimate of drug-likeness (QED) is 0.626. The fourth-order valence-electron chi connectivity index (χ4n) is 6.60. The average molecular weight is 296 g/mol. The number of allylic oxidation sites excluding steroid dienone is 5. The molecule has 0 heterocycles. The van der Waals surface area contributed by atoms with E-state index in [9.17, 15) is 4.79 Å². The van der Waals surface area contributed by atoms with Gasteiger partial charge in [-0.1, -0.05) is 31.6 Å². The van der Waals surface area contributed by atoms with E-state index in [1.807, 2.05) is 12.2 Å². The van der Waals surface area contributed by atoms with E-state index in [1.165, 1.54) is 31.3 Å². The third kappa shape index (κ3) is 1.87. The first kappa shape index (κ1) is 14.5. The van der Waals surface area contributed by atoms with Crippen molar-refractivity contribution in [3.05, 3.63) is 36.5 Å². The molecule has 0 spiro atoms. The maximum Gasteiger partial charge on any atom is 0.178 e. The van der Waals surface area contributed by atoms with Crippen LogP contribution in [0, 0.1) is 40.9 Å². The zero-order chi connectivity index (χ0) is 15.5. The number of hydrogen-bond acceptors (Lipinski definition) is 1. The van der Waals surface area contributed by atoms with Gasteiger partial charge < -0.3 is 0 Å². The van der Waals surface area contributed by atoms with Crippen molar-refractivity contribution in [2.45, 2.75) is 46.0 Å². The van der Waals surface area contributed by atoms with Gasteiger partial charge in [0.1, 0.15) is 0 Å². The Bertz CT molecular complexity index is 568. The Morgan fingerprint density at radius 2 is 2.09 bits per heavy atom. The summed E-state index contributed by atoms with van der Waals surface area (Å²) in [4.78, 5) is 11.8. The summed E-state index contributed by atoms with van der Waals surface area (Å²) in [5.41, 5.74) is 1.55. The normalized spacial score (nSPS) is 49.9. The fourth-order valence-corrected chi connectivity index (χ4v) is 6.60. The van der Waals surface area contributed by atoms with Crippen LogP contribution in [-0.2, 0) is 4.79 Å². The van der Waals surface area contributed by atoms with Gasteiger partial charge in [-0.15, -0.1) is 6.58 Å². The Kier molecular flexibility index (Phi) is 3.25. The molecule has 0 bridgehead atoms. The molecule has 4 aliphatic carbocycles. The first-order valence-corrected chi connectivity index (χ1v) is 9.11. The molecule has 0 aliphatic heterocycles. The molecule has 0 N–H and O–H groups in total. The van der Waals surface area contributed by atoms with Crippen LogP contribution in [0.2, 0.25) is 0 Å². The van der Waals surface area contributed by atoms with Crippen LogP contribution in [0.4, 0.5) is 0 Å². The number of fused-ring (bicyclic) bond motifs is 5. The highest BCUT2D eigenvalue weighted by Gasteiger charge is 2.55. The zero-order valence-electron chi connectivity index (χ0n) is 13.9. The van der Waals surface area contributed by atoms with Crippen LogP contribution >= 0.6 is 0 Å². The lowest BCUT2D eigenvalue weighted by Gasteiger charge is -2.55. The van der Waals surface area contributed by atoms with E-state index >= 15 is 0 Å². The third-order valence-corrected chi connectivity index (χ3v) is 7.59. The Balaban J connectivity index is 1.70. The van der Waals surface area contributed by atoms with E-state index in [0.29, 0.717) is 0 Å². The number of rotatable bonds is 1. The highest BCUT2D eigenvalue weighted by atomic mass is 16.1. The van der Waals surface area contributed by atoms with Crippen LogP contribution in [0.5, 0.6) is 0 Å². The molecular formula is C21H28O. The largest absolute Gasteiger partial charge is 0.290 e. The maximum absolute atomic E-state index is 11.8. The predicted octanol–water partition coefficient (Wildman–Crippen LogP) is 4.95. The number of carbonyl (C=O) groups excluding carboxylic acids is 1. The molecule has 4 aliphatic rings. The van der Waals surface area contributed by atoms with Crippen molar-refractivity contribution in [2.24, 2.45) is 40.9 Å². The second-order valence-corrected chi connectivity index (χ2v) is 8.43. The van der Waals surface area contributed by atoms with Crippen LogP contribution in [0.1, 0.15) is 46.0 Å². The van der Waals surface area contributed by atoms with E-state index < -0.39 is 0 Å². The lowest BCUT2D eigenvalue weighted by atomic mass is 9.49. The summed E-state index contributed by atoms with van der Waals surface area (Å²) in [5, 5.41) is 0. The van der Waals surface area contributed by atoms with Gasteiger partial charge in [0, 0.05) is 5.41 Å². The van der Waals surface area contributed by atoms with Crippen molar-refractivity contribution in [3.8, 4) is 0 Å². The van der Waals surface area contributed by atoms with Crippen molar-refractivity contribution in [1.82, 2.24) is 0 Å². The molecular weight excluding hydrogens is 268 g/mol. The topological polar surface area (TPSA) is 17.1 Å². The molecule has 3 saturated carbocycles. The molecule has 118 valence electrons. The van der Waals surface area contributed by atoms with Crippen LogP contribution in [0.15, 0.2) is 36.5 Å². The molecule has 3 fully saturated rings. The second kappa shape index (κ2) is 4.94. The lowest BCUT2D eigenvalue weighted by molar-refractivity contribution is -0.111. The van der Waals surface area contributed by atoms with Crippen molar-refractivity contribution < 1.29 is 4.79 Å². The minimum atomic E-state index is 0.141. The Morgan fingerprint density at radius 1 is 1.27 bits per heavy atom. The summed E-state index contributed by atoms with van der Waals surface area (Å²) >= 11 is 0. The first-order chi connectivity index (χ1) is 10.5. The van der Waals surface area contributed by atoms with E-state index in [1.54, 1.807) is 0 Å². The summed E-state index contributed by atoms with van der Waals surface area (Å²) in [5.74, 6) is 5.07. The Labute approximate surface area is 134 Å². The van der Waals surface area contributed by atoms with E-state index in [4.69, 9.17) is 0 Å². The van der Waals surface area contributed by atoms with Gasteiger partial charge in [0.2, 0.25) is 0 Å². The summed E-state index contributed by atoms with van der Waals surface area (Å²) in [6, 6.07) is 0. The Morgan fingerprint density at radius 3 is 2.86 bits per heavy atom. The number of hydrogen-bond donors (Lipinski definition) is 0. The Hall–Kier alpha value is -1.11. The van der Waals surface area contributed by atoms with Gasteiger partial charge in [0.05, 0.1) is 0 Å². The van der Waals surface area contributed by atoms with Crippen molar-refractivity contribution in [1.29, 1.82) is 0 Å². The zero-order valence-corrected chi connectivity index (χ0v) is 13.9. The third-order valence-electron chi connectivity index (χ3n) is 7.59. The molecule has 0 aromatic rings. The summed E-state index contributed by atoms with van der Waals surface area (Å²) in [6.07, 6.45) is 14.7. The molecule has 0 saturated heterocycles. The number of ketones is 1. The van der Waals surface area contributed by atoms with Gasteiger partial charge in [-0.2, -0.15) is 0 Å². The van der Waals surface area contributed by atoms with Gasteiger partial charge in [0.15, 0.2) is 5.78 Å². The van der Waals surface area contributed by atoms with Crippen LogP contribution in [0.3, 0.4) is 0 Å². The van der Waals surface area contributed by atoms with E-state index in [0.717, 1.165) is 41.9 Å².